The Bertz CT molecular complexity index is 1450. The van der Waals surface area contributed by atoms with Gasteiger partial charge in [-0.15, -0.1) is 0 Å². The number of rotatable bonds is 10. The Morgan fingerprint density at radius 3 is 2.60 bits per heavy atom. The summed E-state index contributed by atoms with van der Waals surface area (Å²) in [5, 5.41) is 7.37. The van der Waals surface area contributed by atoms with Gasteiger partial charge in [-0.2, -0.15) is 18.3 Å². The maximum Gasteiger partial charge on any atom is 0.425 e. The first-order chi connectivity index (χ1) is 19.2. The lowest BCUT2D eigenvalue weighted by Gasteiger charge is -2.30. The number of hydrogen-bond acceptors (Lipinski definition) is 6. The van der Waals surface area contributed by atoms with Crippen LogP contribution in [0, 0.1) is 0 Å². The molecule has 0 spiro atoms. The molecule has 0 bridgehead atoms. The zero-order chi connectivity index (χ0) is 28.3. The smallest absolute Gasteiger partial charge is 0.425 e. The van der Waals surface area contributed by atoms with E-state index in [1.165, 1.54) is 6.33 Å². The SMILES string of the molecule is C[C@@H](OC(=O)Nc1ccc(-c2c(N)c3ccc(OCCCCn4cncn4)cc3n2C2CCC2)cc1)C(F)(F)F. The Morgan fingerprint density at radius 1 is 1.18 bits per heavy atom. The number of benzene rings is 2. The number of ether oxygens (including phenoxy) is 2. The number of aryl methyl sites for hydroxylation is 1. The summed E-state index contributed by atoms with van der Waals surface area (Å²) < 4.78 is 52.6. The van der Waals surface area contributed by atoms with Crippen molar-refractivity contribution in [3.63, 3.8) is 0 Å². The Hall–Kier alpha value is -4.22. The van der Waals surface area contributed by atoms with Crippen molar-refractivity contribution in [1.29, 1.82) is 0 Å². The van der Waals surface area contributed by atoms with Crippen LogP contribution in [0.25, 0.3) is 22.2 Å². The van der Waals surface area contributed by atoms with Crippen LogP contribution in [-0.2, 0) is 11.3 Å². The van der Waals surface area contributed by atoms with Crippen molar-refractivity contribution in [2.45, 2.75) is 63.9 Å². The summed E-state index contributed by atoms with van der Waals surface area (Å²) in [5.74, 6) is 0.768. The number of halogens is 3. The van der Waals surface area contributed by atoms with E-state index in [9.17, 15) is 18.0 Å². The number of unbranched alkanes of at least 4 members (excludes halogenated alkanes) is 1. The molecule has 5 rings (SSSR count). The molecule has 4 aromatic rings. The molecule has 1 amide bonds. The molecule has 1 saturated carbocycles. The number of nitrogen functional groups attached to an aromatic ring is 1. The summed E-state index contributed by atoms with van der Waals surface area (Å²) in [6.45, 7) is 2.14. The predicted molar refractivity (Wildman–Crippen MR) is 145 cm³/mol. The van der Waals surface area contributed by atoms with E-state index in [4.69, 9.17) is 10.5 Å². The summed E-state index contributed by atoms with van der Waals surface area (Å²) in [7, 11) is 0. The second-order valence-electron chi connectivity index (χ2n) is 9.90. The number of carbonyl (C=O) groups is 1. The van der Waals surface area contributed by atoms with Gasteiger partial charge in [0, 0.05) is 35.3 Å². The minimum atomic E-state index is -4.63. The molecule has 1 aliphatic rings. The van der Waals surface area contributed by atoms with Crippen LogP contribution < -0.4 is 15.8 Å². The molecule has 2 heterocycles. The van der Waals surface area contributed by atoms with Gasteiger partial charge >= 0.3 is 12.3 Å². The van der Waals surface area contributed by atoms with E-state index in [1.54, 1.807) is 35.3 Å². The van der Waals surface area contributed by atoms with Gasteiger partial charge in [0.25, 0.3) is 0 Å². The lowest BCUT2D eigenvalue weighted by molar-refractivity contribution is -0.196. The van der Waals surface area contributed by atoms with E-state index in [-0.39, 0.29) is 0 Å². The van der Waals surface area contributed by atoms with Crippen LogP contribution in [0.5, 0.6) is 5.75 Å². The number of alkyl halides is 3. The van der Waals surface area contributed by atoms with E-state index in [0.717, 1.165) is 73.5 Å². The van der Waals surface area contributed by atoms with E-state index in [1.807, 2.05) is 18.2 Å². The number of fused-ring (bicyclic) bond motifs is 1. The minimum Gasteiger partial charge on any atom is -0.494 e. The number of carbonyl (C=O) groups excluding carboxylic acids is 1. The first kappa shape index (κ1) is 27.4. The summed E-state index contributed by atoms with van der Waals surface area (Å²) in [6.07, 6.45) is 0.201. The highest BCUT2D eigenvalue weighted by Gasteiger charge is 2.39. The van der Waals surface area contributed by atoms with Gasteiger partial charge in [-0.1, -0.05) is 12.1 Å². The van der Waals surface area contributed by atoms with Gasteiger partial charge in [0.2, 0.25) is 0 Å². The van der Waals surface area contributed by atoms with Gasteiger partial charge in [0.1, 0.15) is 18.4 Å². The summed E-state index contributed by atoms with van der Waals surface area (Å²) >= 11 is 0. The van der Waals surface area contributed by atoms with E-state index in [0.29, 0.717) is 24.0 Å². The normalized spacial score (nSPS) is 14.6. The molecule has 40 heavy (non-hydrogen) atoms. The van der Waals surface area contributed by atoms with Crippen LogP contribution in [0.2, 0.25) is 0 Å². The topological polar surface area (TPSA) is 109 Å². The van der Waals surface area contributed by atoms with Crippen molar-refractivity contribution in [2.24, 2.45) is 0 Å². The highest BCUT2D eigenvalue weighted by atomic mass is 19.4. The number of nitrogens with one attached hydrogen (secondary N) is 1. The molecular weight excluding hydrogens is 525 g/mol. The predicted octanol–water partition coefficient (Wildman–Crippen LogP) is 6.57. The van der Waals surface area contributed by atoms with Crippen LogP contribution in [0.15, 0.2) is 55.1 Å². The minimum absolute atomic E-state index is 0.296. The van der Waals surface area contributed by atoms with Gasteiger partial charge < -0.3 is 19.8 Å². The Balaban J connectivity index is 1.32. The van der Waals surface area contributed by atoms with Crippen LogP contribution in [0.1, 0.15) is 45.1 Å². The number of nitrogens with zero attached hydrogens (tertiary/aromatic N) is 4. The zero-order valence-electron chi connectivity index (χ0n) is 22.0. The number of anilines is 2. The number of nitrogens with two attached hydrogens (primary N) is 1. The van der Waals surface area contributed by atoms with Gasteiger partial charge in [0.15, 0.2) is 6.10 Å². The summed E-state index contributed by atoms with van der Waals surface area (Å²) in [4.78, 5) is 15.9. The van der Waals surface area contributed by atoms with Crippen LogP contribution >= 0.6 is 0 Å². The second kappa shape index (κ2) is 11.5. The quantitative estimate of drug-likeness (QED) is 0.214. The second-order valence-corrected chi connectivity index (χ2v) is 9.90. The fraction of sp³-hybridized carbons (Fsp3) is 0.393. The van der Waals surface area contributed by atoms with Crippen molar-refractivity contribution >= 4 is 28.4 Å². The monoisotopic (exact) mass is 556 g/mol. The fourth-order valence-corrected chi connectivity index (χ4v) is 4.73. The van der Waals surface area contributed by atoms with Crippen LogP contribution in [0.3, 0.4) is 0 Å². The molecule has 0 aliphatic heterocycles. The average molecular weight is 557 g/mol. The molecule has 212 valence electrons. The Kier molecular flexibility index (Phi) is 7.85. The van der Waals surface area contributed by atoms with E-state index < -0.39 is 18.4 Å². The lowest BCUT2D eigenvalue weighted by atomic mass is 9.92. The molecule has 2 aromatic heterocycles. The third kappa shape index (κ3) is 6.00. The summed E-state index contributed by atoms with van der Waals surface area (Å²) in [5.41, 5.74) is 10.3. The molecule has 0 unspecified atom stereocenters. The third-order valence-electron chi connectivity index (χ3n) is 7.12. The highest BCUT2D eigenvalue weighted by molar-refractivity contribution is 6.01. The van der Waals surface area contributed by atoms with Gasteiger partial charge in [-0.05, 0) is 63.3 Å². The number of amides is 1. The van der Waals surface area contributed by atoms with Crippen LogP contribution in [0.4, 0.5) is 29.3 Å². The van der Waals surface area contributed by atoms with Crippen molar-refractivity contribution in [2.75, 3.05) is 17.7 Å². The molecule has 1 aliphatic carbocycles. The maximum atomic E-state index is 12.7. The molecule has 1 atom stereocenters. The molecule has 0 radical (unpaired) electrons. The first-order valence-electron chi connectivity index (χ1n) is 13.2. The fourth-order valence-electron chi connectivity index (χ4n) is 4.73. The highest BCUT2D eigenvalue weighted by Crippen LogP contribution is 2.45. The van der Waals surface area contributed by atoms with Crippen molar-refractivity contribution < 1.29 is 27.4 Å². The number of aromatic nitrogens is 4. The van der Waals surface area contributed by atoms with Crippen LogP contribution in [-0.4, -0.2) is 44.3 Å². The van der Waals surface area contributed by atoms with Crippen molar-refractivity contribution in [3.05, 3.63) is 55.1 Å². The lowest BCUT2D eigenvalue weighted by Crippen LogP contribution is -2.32. The molecule has 3 N–H and O–H groups in total. The maximum absolute atomic E-state index is 12.7. The van der Waals surface area contributed by atoms with Crippen molar-refractivity contribution in [3.8, 4) is 17.0 Å². The standard InChI is InChI=1S/C28H31F3N6O3/c1-18(28(29,30)31)40-27(38)35-20-9-7-19(8-10-20)26-25(32)23-12-11-22(15-24(23)37(26)21-5-4-6-21)39-14-3-2-13-36-17-33-16-34-36/h7-12,15-18,21H,2-6,13-14,32H2,1H3,(H,35,38)/t18-/m1/s1. The van der Waals surface area contributed by atoms with E-state index in [2.05, 4.69) is 24.7 Å². The third-order valence-corrected chi connectivity index (χ3v) is 7.12. The molecule has 12 heteroatoms. The van der Waals surface area contributed by atoms with E-state index >= 15 is 0 Å². The Labute approximate surface area is 229 Å². The largest absolute Gasteiger partial charge is 0.494 e. The molecule has 9 nitrogen and oxygen atoms in total. The summed E-state index contributed by atoms with van der Waals surface area (Å²) in [6, 6.07) is 13.0. The van der Waals surface area contributed by atoms with Gasteiger partial charge in [-0.3, -0.25) is 10.00 Å². The Morgan fingerprint density at radius 2 is 1.95 bits per heavy atom. The van der Waals surface area contributed by atoms with Gasteiger partial charge in [-0.25, -0.2) is 9.78 Å². The number of hydrogen-bond donors (Lipinski definition) is 2. The zero-order valence-corrected chi connectivity index (χ0v) is 22.0. The molecule has 1 fully saturated rings. The molecular formula is C28H31F3N6O3. The first-order valence-corrected chi connectivity index (χ1v) is 13.2. The van der Waals surface area contributed by atoms with Crippen molar-refractivity contribution in [1.82, 2.24) is 19.3 Å². The van der Waals surface area contributed by atoms with Gasteiger partial charge in [0.05, 0.1) is 23.5 Å². The molecule has 2 aromatic carbocycles. The molecule has 0 saturated heterocycles. The average Bonchev–Trinajstić information content (AvgIpc) is 3.49.